The average molecular weight is 602 g/mol. The normalized spacial score (nSPS) is 59.7. The Morgan fingerprint density at radius 2 is 1.86 bits per heavy atom. The molecule has 0 bridgehead atoms. The minimum Gasteiger partial charge on any atom is -0.387 e. The lowest BCUT2D eigenvalue weighted by Crippen LogP contribution is -2.76. The first kappa shape index (κ1) is 27.4. The Morgan fingerprint density at radius 1 is 1.09 bits per heavy atom. The molecular formula is C37H47NO6. The molecule has 3 saturated carbocycles. The summed E-state index contributed by atoms with van der Waals surface area (Å²) >= 11 is 0. The highest BCUT2D eigenvalue weighted by Crippen LogP contribution is 2.78. The summed E-state index contributed by atoms with van der Waals surface area (Å²) in [4.78, 5) is 0. The van der Waals surface area contributed by atoms with Crippen LogP contribution in [0.1, 0.15) is 73.1 Å². The molecule has 7 nitrogen and oxygen atoms in total. The van der Waals surface area contributed by atoms with Crippen molar-refractivity contribution in [1.82, 2.24) is 5.32 Å². The molecule has 0 aromatic rings. The SMILES string of the molecule is C=C(C)[C@H]1O[C@H]2CC[C@@]3(C)[C@@](O)(CC[C@H]4[C@@H]5OC(C)(C)[C@H]6C[C@@H]7C(=C)CC8=C(C9C5=C(NC9C=C8)[C@@]43C)[C@@]76O)[C@]23O[C@@H]3[C@H]1O. The summed E-state index contributed by atoms with van der Waals surface area (Å²) in [5.74, 6) is 0.288. The lowest BCUT2D eigenvalue weighted by molar-refractivity contribution is -0.287. The lowest BCUT2D eigenvalue weighted by atomic mass is 9.40. The van der Waals surface area contributed by atoms with Crippen LogP contribution in [0.3, 0.4) is 0 Å². The maximum atomic E-state index is 13.2. The van der Waals surface area contributed by atoms with E-state index in [2.05, 4.69) is 58.3 Å². The molecule has 0 radical (unpaired) electrons. The van der Waals surface area contributed by atoms with Gasteiger partial charge >= 0.3 is 0 Å². The van der Waals surface area contributed by atoms with Crippen LogP contribution in [0.2, 0.25) is 0 Å². The van der Waals surface area contributed by atoms with E-state index in [-0.39, 0.29) is 41.9 Å². The zero-order chi connectivity index (χ0) is 30.7. The fourth-order valence-electron chi connectivity index (χ4n) is 13.4. The summed E-state index contributed by atoms with van der Waals surface area (Å²) in [5.41, 5.74) is 2.30. The van der Waals surface area contributed by atoms with Crippen LogP contribution in [0.5, 0.6) is 0 Å². The topological polar surface area (TPSA) is 104 Å². The van der Waals surface area contributed by atoms with Gasteiger partial charge < -0.3 is 34.8 Å². The van der Waals surface area contributed by atoms with Gasteiger partial charge in [0.15, 0.2) is 5.60 Å². The number of aliphatic hydroxyl groups is 3. The van der Waals surface area contributed by atoms with Gasteiger partial charge in [0, 0.05) is 40.2 Å². The van der Waals surface area contributed by atoms with Crippen molar-refractivity contribution in [3.63, 3.8) is 0 Å². The van der Waals surface area contributed by atoms with E-state index in [9.17, 15) is 15.3 Å². The molecule has 10 rings (SSSR count). The van der Waals surface area contributed by atoms with Crippen LogP contribution in [0.25, 0.3) is 0 Å². The molecule has 0 amide bonds. The number of hydrogen-bond acceptors (Lipinski definition) is 7. The zero-order valence-corrected chi connectivity index (χ0v) is 26.7. The molecule has 15 atom stereocenters. The monoisotopic (exact) mass is 601 g/mol. The molecule has 0 aromatic heterocycles. The predicted molar refractivity (Wildman–Crippen MR) is 163 cm³/mol. The number of rotatable bonds is 1. The summed E-state index contributed by atoms with van der Waals surface area (Å²) in [6, 6.07) is 0.0512. The summed E-state index contributed by atoms with van der Waals surface area (Å²) in [6.07, 6.45) is 6.98. The van der Waals surface area contributed by atoms with Gasteiger partial charge in [0.25, 0.3) is 0 Å². The van der Waals surface area contributed by atoms with Crippen molar-refractivity contribution < 1.29 is 29.5 Å². The Balaban J connectivity index is 1.15. The Morgan fingerprint density at radius 3 is 2.61 bits per heavy atom. The third kappa shape index (κ3) is 2.48. The molecular weight excluding hydrogens is 554 g/mol. The number of epoxide rings is 1. The lowest BCUT2D eigenvalue weighted by Gasteiger charge is -2.68. The molecule has 4 heterocycles. The first-order valence-electron chi connectivity index (χ1n) is 17.1. The van der Waals surface area contributed by atoms with Crippen molar-refractivity contribution in [2.75, 3.05) is 0 Å². The Hall–Kier alpha value is -1.74. The van der Waals surface area contributed by atoms with Gasteiger partial charge in [0.05, 0.1) is 29.5 Å². The second-order valence-electron chi connectivity index (χ2n) is 17.2. The second kappa shape index (κ2) is 7.53. The van der Waals surface area contributed by atoms with Crippen molar-refractivity contribution >= 4 is 0 Å². The van der Waals surface area contributed by atoms with Gasteiger partial charge in [0.2, 0.25) is 0 Å². The predicted octanol–water partition coefficient (Wildman–Crippen LogP) is 4.00. The Kier molecular flexibility index (Phi) is 4.68. The minimum absolute atomic E-state index is 0.000136. The quantitative estimate of drug-likeness (QED) is 0.266. The molecule has 7 heteroatoms. The molecule has 2 unspecified atom stereocenters. The number of fused-ring (bicyclic) bond motifs is 5. The molecule has 0 aromatic carbocycles. The molecule has 236 valence electrons. The third-order valence-electron chi connectivity index (χ3n) is 15.5. The summed E-state index contributed by atoms with van der Waals surface area (Å²) in [6.45, 7) is 19.4. The number of hydrogen-bond donors (Lipinski definition) is 4. The maximum absolute atomic E-state index is 13.2. The first-order chi connectivity index (χ1) is 20.7. The van der Waals surface area contributed by atoms with Gasteiger partial charge in [-0.1, -0.05) is 44.7 Å². The Labute approximate surface area is 260 Å². The smallest absolute Gasteiger partial charge is 0.153 e. The second-order valence-corrected chi connectivity index (χ2v) is 17.2. The zero-order valence-electron chi connectivity index (χ0n) is 26.7. The van der Waals surface area contributed by atoms with Crippen molar-refractivity contribution in [2.24, 2.45) is 34.5 Å². The van der Waals surface area contributed by atoms with E-state index in [1.165, 1.54) is 22.4 Å². The molecule has 10 aliphatic rings. The van der Waals surface area contributed by atoms with E-state index < -0.39 is 51.5 Å². The van der Waals surface area contributed by atoms with E-state index in [4.69, 9.17) is 14.2 Å². The first-order valence-corrected chi connectivity index (χ1v) is 17.1. The number of nitrogens with one attached hydrogen (secondary N) is 1. The molecule has 44 heavy (non-hydrogen) atoms. The van der Waals surface area contributed by atoms with Crippen LogP contribution in [-0.2, 0) is 14.2 Å². The van der Waals surface area contributed by atoms with E-state index >= 15 is 0 Å². The average Bonchev–Trinajstić information content (AvgIpc) is 3.53. The van der Waals surface area contributed by atoms with Crippen LogP contribution < -0.4 is 5.32 Å². The third-order valence-corrected chi connectivity index (χ3v) is 15.5. The van der Waals surface area contributed by atoms with Crippen molar-refractivity contribution in [1.29, 1.82) is 0 Å². The number of allylic oxidation sites excluding steroid dienone is 3. The molecule has 1 spiro atoms. The molecule has 4 aliphatic heterocycles. The van der Waals surface area contributed by atoms with Crippen LogP contribution >= 0.6 is 0 Å². The van der Waals surface area contributed by atoms with Crippen LogP contribution in [0.15, 0.2) is 58.9 Å². The standard InChI is InChI=1S/C37H47NO6/c1-16(2)28-27(39)31-37(44-31)23(42-28)11-12-33(6)34(7)19(10-13-35(33,37)40)29-25-24-21(38-30(25)34)9-8-18-14-17(3)20-15-22(32(4,5)43-29)36(20,41)26(18)24/h8-9,19-24,27-29,31,38-41H,1,3,10-15H2,2,4-7H3/t19-,20+,21?,22+,23-,24?,27-,28+,29-,31+,33+,34+,35-,36+,37-/m0/s1. The van der Waals surface area contributed by atoms with Crippen molar-refractivity contribution in [2.45, 2.75) is 132 Å². The van der Waals surface area contributed by atoms with E-state index in [0.29, 0.717) is 6.42 Å². The summed E-state index contributed by atoms with van der Waals surface area (Å²) in [5, 5.41) is 41.4. The molecule has 6 fully saturated rings. The number of ether oxygens (including phenoxy) is 3. The Bertz CT molecular complexity index is 1570. The van der Waals surface area contributed by atoms with Crippen LogP contribution in [0.4, 0.5) is 0 Å². The maximum Gasteiger partial charge on any atom is 0.153 e. The molecule has 6 aliphatic carbocycles. The fraction of sp³-hybridized carbons (Fsp3) is 0.730. The highest BCUT2D eigenvalue weighted by Gasteiger charge is 2.87. The van der Waals surface area contributed by atoms with Gasteiger partial charge in [-0.2, -0.15) is 0 Å². The summed E-state index contributed by atoms with van der Waals surface area (Å²) < 4.78 is 20.4. The van der Waals surface area contributed by atoms with Crippen molar-refractivity contribution in [3.05, 3.63) is 58.9 Å². The van der Waals surface area contributed by atoms with E-state index in [1.54, 1.807) is 0 Å². The van der Waals surface area contributed by atoms with Crippen LogP contribution in [-0.4, -0.2) is 74.3 Å². The fourth-order valence-corrected chi connectivity index (χ4v) is 13.4. The van der Waals surface area contributed by atoms with Crippen LogP contribution in [0, 0.1) is 34.5 Å². The number of aliphatic hydroxyl groups excluding tert-OH is 1. The highest BCUT2D eigenvalue weighted by molar-refractivity contribution is 5.60. The highest BCUT2D eigenvalue weighted by atomic mass is 16.7. The van der Waals surface area contributed by atoms with Gasteiger partial charge in [-0.05, 0) is 81.6 Å². The van der Waals surface area contributed by atoms with Gasteiger partial charge in [-0.3, -0.25) is 0 Å². The summed E-state index contributed by atoms with van der Waals surface area (Å²) in [7, 11) is 0. The minimum atomic E-state index is -1.19. The largest absolute Gasteiger partial charge is 0.387 e. The van der Waals surface area contributed by atoms with Gasteiger partial charge in [-0.15, -0.1) is 0 Å². The van der Waals surface area contributed by atoms with E-state index in [0.717, 1.165) is 43.3 Å². The van der Waals surface area contributed by atoms with Gasteiger partial charge in [0.1, 0.15) is 23.9 Å². The molecule has 4 N–H and O–H groups in total. The van der Waals surface area contributed by atoms with E-state index in [1.807, 2.05) is 6.92 Å². The van der Waals surface area contributed by atoms with Gasteiger partial charge in [-0.25, -0.2) is 0 Å². The van der Waals surface area contributed by atoms with Crippen molar-refractivity contribution in [3.8, 4) is 0 Å². The molecule has 3 saturated heterocycles.